The van der Waals surface area contributed by atoms with Gasteiger partial charge in [-0.1, -0.05) is 40.0 Å². The highest BCUT2D eigenvalue weighted by molar-refractivity contribution is 6.66. The number of carboxylic acids is 1. The standard InChI is InChI=1S/C5H3Cl3N2O3/c6-5(7,8)4-9-2(10-13-4)1-3(11)12/h1H2,(H,11,12). The number of aliphatic carboxylic acids is 1. The molecule has 0 amide bonds. The van der Waals surface area contributed by atoms with Crippen molar-refractivity contribution in [3.05, 3.63) is 11.7 Å². The fourth-order valence-corrected chi connectivity index (χ4v) is 0.806. The van der Waals surface area contributed by atoms with Crippen LogP contribution in [0.2, 0.25) is 0 Å². The first-order valence-corrected chi connectivity index (χ1v) is 4.14. The summed E-state index contributed by atoms with van der Waals surface area (Å²) in [4.78, 5) is 13.8. The van der Waals surface area contributed by atoms with E-state index in [2.05, 4.69) is 14.7 Å². The Morgan fingerprint density at radius 3 is 2.54 bits per heavy atom. The van der Waals surface area contributed by atoms with Crippen LogP contribution in [-0.2, 0) is 15.0 Å². The van der Waals surface area contributed by atoms with Crippen LogP contribution in [0.1, 0.15) is 11.7 Å². The van der Waals surface area contributed by atoms with Gasteiger partial charge >= 0.3 is 5.97 Å². The van der Waals surface area contributed by atoms with E-state index in [0.717, 1.165) is 0 Å². The molecule has 0 spiro atoms. The average molecular weight is 245 g/mol. The summed E-state index contributed by atoms with van der Waals surface area (Å²) in [5, 5.41) is 11.7. The van der Waals surface area contributed by atoms with Gasteiger partial charge in [0, 0.05) is 0 Å². The van der Waals surface area contributed by atoms with E-state index in [0.29, 0.717) is 0 Å². The minimum Gasteiger partial charge on any atom is -0.481 e. The van der Waals surface area contributed by atoms with Crippen molar-refractivity contribution in [1.82, 2.24) is 10.1 Å². The number of carboxylic acid groups (broad SMARTS) is 1. The highest BCUT2D eigenvalue weighted by Crippen LogP contribution is 2.36. The lowest BCUT2D eigenvalue weighted by Gasteiger charge is -2.01. The summed E-state index contributed by atoms with van der Waals surface area (Å²) < 4.78 is 2.69. The molecule has 1 aromatic rings. The van der Waals surface area contributed by atoms with Crippen LogP contribution in [0.5, 0.6) is 0 Å². The molecule has 0 radical (unpaired) electrons. The van der Waals surface area contributed by atoms with E-state index in [9.17, 15) is 4.79 Å². The van der Waals surface area contributed by atoms with Crippen molar-refractivity contribution < 1.29 is 14.4 Å². The SMILES string of the molecule is O=C(O)Cc1noc(C(Cl)(Cl)Cl)n1. The van der Waals surface area contributed by atoms with Gasteiger partial charge in [-0.3, -0.25) is 4.79 Å². The molecular weight excluding hydrogens is 242 g/mol. The Hall–Kier alpha value is -0.520. The highest BCUT2D eigenvalue weighted by atomic mass is 35.6. The van der Waals surface area contributed by atoms with E-state index >= 15 is 0 Å². The minimum atomic E-state index is -1.82. The highest BCUT2D eigenvalue weighted by Gasteiger charge is 2.30. The van der Waals surface area contributed by atoms with Crippen LogP contribution in [0.3, 0.4) is 0 Å². The summed E-state index contributed by atoms with van der Waals surface area (Å²) >= 11 is 16.2. The van der Waals surface area contributed by atoms with Crippen molar-refractivity contribution in [3.63, 3.8) is 0 Å². The maximum atomic E-state index is 10.2. The normalized spacial score (nSPS) is 11.6. The molecule has 0 unspecified atom stereocenters. The van der Waals surface area contributed by atoms with Crippen LogP contribution < -0.4 is 0 Å². The molecule has 0 aromatic carbocycles. The molecule has 8 heteroatoms. The van der Waals surface area contributed by atoms with E-state index in [1.54, 1.807) is 0 Å². The number of carbonyl (C=O) groups is 1. The van der Waals surface area contributed by atoms with Gasteiger partial charge in [0.2, 0.25) is 0 Å². The molecule has 5 nitrogen and oxygen atoms in total. The molecule has 0 saturated carbocycles. The van der Waals surface area contributed by atoms with E-state index in [1.807, 2.05) is 0 Å². The minimum absolute atomic E-state index is 0.0335. The molecular formula is C5H3Cl3N2O3. The van der Waals surface area contributed by atoms with Gasteiger partial charge < -0.3 is 9.63 Å². The smallest absolute Gasteiger partial charge is 0.311 e. The fourth-order valence-electron chi connectivity index (χ4n) is 0.576. The summed E-state index contributed by atoms with van der Waals surface area (Å²) in [5.74, 6) is -1.36. The summed E-state index contributed by atoms with van der Waals surface area (Å²) in [5.41, 5.74) is 0. The second-order valence-electron chi connectivity index (χ2n) is 2.08. The number of hydrogen-bond acceptors (Lipinski definition) is 4. The van der Waals surface area contributed by atoms with Crippen LogP contribution in [0.4, 0.5) is 0 Å². The Balaban J connectivity index is 2.81. The lowest BCUT2D eigenvalue weighted by atomic mass is 10.4. The second-order valence-corrected chi connectivity index (χ2v) is 4.37. The van der Waals surface area contributed by atoms with Crippen molar-refractivity contribution in [1.29, 1.82) is 0 Å². The first kappa shape index (κ1) is 10.6. The molecule has 0 aliphatic heterocycles. The van der Waals surface area contributed by atoms with Gasteiger partial charge in [0.15, 0.2) is 5.82 Å². The molecule has 1 N–H and O–H groups in total. The molecule has 13 heavy (non-hydrogen) atoms. The molecule has 1 rings (SSSR count). The predicted molar refractivity (Wildman–Crippen MR) is 44.9 cm³/mol. The molecule has 0 bridgehead atoms. The van der Waals surface area contributed by atoms with Gasteiger partial charge in [-0.05, 0) is 0 Å². The average Bonchev–Trinajstić information content (AvgIpc) is 2.32. The van der Waals surface area contributed by atoms with Gasteiger partial charge in [-0.25, -0.2) is 0 Å². The molecule has 1 aromatic heterocycles. The van der Waals surface area contributed by atoms with Crippen molar-refractivity contribution >= 4 is 40.8 Å². The summed E-state index contributed by atoms with van der Waals surface area (Å²) in [6.45, 7) is 0. The monoisotopic (exact) mass is 244 g/mol. The van der Waals surface area contributed by atoms with Crippen molar-refractivity contribution in [2.24, 2.45) is 0 Å². The van der Waals surface area contributed by atoms with Gasteiger partial charge in [-0.15, -0.1) is 0 Å². The van der Waals surface area contributed by atoms with E-state index in [1.165, 1.54) is 0 Å². The topological polar surface area (TPSA) is 76.2 Å². The van der Waals surface area contributed by atoms with Gasteiger partial charge in [0.05, 0.1) is 0 Å². The number of hydrogen-bond donors (Lipinski definition) is 1. The first-order valence-electron chi connectivity index (χ1n) is 3.01. The molecule has 72 valence electrons. The van der Waals surface area contributed by atoms with Crippen LogP contribution in [-0.4, -0.2) is 21.2 Å². The van der Waals surface area contributed by atoms with Crippen LogP contribution >= 0.6 is 34.8 Å². The largest absolute Gasteiger partial charge is 0.481 e. The van der Waals surface area contributed by atoms with Gasteiger partial charge in [0.1, 0.15) is 6.42 Å². The molecule has 0 aliphatic rings. The fraction of sp³-hybridized carbons (Fsp3) is 0.400. The van der Waals surface area contributed by atoms with Crippen molar-refractivity contribution in [2.75, 3.05) is 0 Å². The lowest BCUT2D eigenvalue weighted by Crippen LogP contribution is -2.04. The van der Waals surface area contributed by atoms with Crippen LogP contribution in [0, 0.1) is 0 Å². The number of nitrogens with zero attached hydrogens (tertiary/aromatic N) is 2. The third kappa shape index (κ3) is 3.02. The zero-order chi connectivity index (χ0) is 10.1. The quantitative estimate of drug-likeness (QED) is 0.800. The predicted octanol–water partition coefficient (Wildman–Crippen LogP) is 1.52. The molecule has 1 heterocycles. The van der Waals surface area contributed by atoms with E-state index < -0.39 is 9.76 Å². The summed E-state index contributed by atoms with van der Waals surface area (Å²) in [6, 6.07) is 0. The maximum Gasteiger partial charge on any atom is 0.311 e. The number of halogens is 3. The maximum absolute atomic E-state index is 10.2. The Morgan fingerprint density at radius 1 is 1.54 bits per heavy atom. The lowest BCUT2D eigenvalue weighted by molar-refractivity contribution is -0.136. The van der Waals surface area contributed by atoms with Crippen LogP contribution in [0.25, 0.3) is 0 Å². The molecule has 0 aliphatic carbocycles. The number of rotatable bonds is 2. The summed E-state index contributed by atoms with van der Waals surface area (Å²) in [6.07, 6.45) is -0.371. The zero-order valence-corrected chi connectivity index (χ0v) is 8.27. The Labute approximate surface area is 87.6 Å². The Bertz CT molecular complexity index is 319. The Morgan fingerprint density at radius 2 is 2.15 bits per heavy atom. The van der Waals surface area contributed by atoms with E-state index in [-0.39, 0.29) is 18.1 Å². The van der Waals surface area contributed by atoms with Gasteiger partial charge in [-0.2, -0.15) is 4.98 Å². The number of aromatic nitrogens is 2. The third-order valence-electron chi connectivity index (χ3n) is 1.02. The molecule has 0 saturated heterocycles. The van der Waals surface area contributed by atoms with Crippen molar-refractivity contribution in [3.8, 4) is 0 Å². The van der Waals surface area contributed by atoms with Crippen LogP contribution in [0.15, 0.2) is 4.52 Å². The Kier molecular flexibility index (Phi) is 3.00. The second kappa shape index (κ2) is 3.69. The first-order chi connectivity index (χ1) is 5.89. The molecule has 0 fully saturated rings. The molecule has 0 atom stereocenters. The third-order valence-corrected chi connectivity index (χ3v) is 1.50. The van der Waals surface area contributed by atoms with E-state index in [4.69, 9.17) is 39.9 Å². The number of alkyl halides is 3. The zero-order valence-electron chi connectivity index (χ0n) is 6.00. The van der Waals surface area contributed by atoms with Crippen molar-refractivity contribution in [2.45, 2.75) is 10.2 Å². The van der Waals surface area contributed by atoms with Gasteiger partial charge in [0.25, 0.3) is 9.68 Å². The summed E-state index contributed by atoms with van der Waals surface area (Å²) in [7, 11) is 0.